The zero-order valence-corrected chi connectivity index (χ0v) is 29.3. The average Bonchev–Trinajstić information content (AvgIpc) is 3.15. The molecule has 0 bridgehead atoms. The number of carbonyl (C=O) groups excluding carboxylic acids is 1. The Morgan fingerprint density at radius 3 is 1.80 bits per heavy atom. The molecule has 7 heteroatoms. The molecule has 0 aliphatic carbocycles. The summed E-state index contributed by atoms with van der Waals surface area (Å²) in [7, 11) is 0. The lowest BCUT2D eigenvalue weighted by Crippen LogP contribution is -2.59. The minimum atomic E-state index is -0.469. The van der Waals surface area contributed by atoms with Gasteiger partial charge in [0.2, 0.25) is 5.91 Å². The molecule has 1 fully saturated rings. The van der Waals surface area contributed by atoms with Crippen LogP contribution in [0.15, 0.2) is 133 Å². The lowest BCUT2D eigenvalue weighted by atomic mass is 9.89. The Hall–Kier alpha value is -4.66. The molecule has 0 unspecified atom stereocenters. The van der Waals surface area contributed by atoms with Gasteiger partial charge in [0.15, 0.2) is 0 Å². The van der Waals surface area contributed by atoms with Crippen molar-refractivity contribution in [2.24, 2.45) is 0 Å². The summed E-state index contributed by atoms with van der Waals surface area (Å²) in [6, 6.07) is 43.3. The highest BCUT2D eigenvalue weighted by molar-refractivity contribution is 5.73. The fourth-order valence-electron chi connectivity index (χ4n) is 6.68. The Balaban J connectivity index is 1.32. The Kier molecular flexibility index (Phi) is 12.8. The topological polar surface area (TPSA) is 66.0 Å². The maximum atomic E-state index is 14.5. The molecule has 5 aromatic rings. The van der Waals surface area contributed by atoms with Gasteiger partial charge in [-0.25, -0.2) is 4.39 Å². The van der Waals surface area contributed by atoms with Crippen LogP contribution in [-0.2, 0) is 56.4 Å². The summed E-state index contributed by atoms with van der Waals surface area (Å²) >= 11 is 0. The molecule has 1 heterocycles. The first kappa shape index (κ1) is 36.1. The van der Waals surface area contributed by atoms with Crippen molar-refractivity contribution in [1.82, 2.24) is 5.32 Å². The molecule has 5 atom stereocenters. The van der Waals surface area contributed by atoms with E-state index >= 15 is 0 Å². The molecule has 1 N–H and O–H groups in total. The number of halogens is 1. The van der Waals surface area contributed by atoms with Gasteiger partial charge in [-0.2, -0.15) is 0 Å². The third-order valence-electron chi connectivity index (χ3n) is 9.24. The maximum Gasteiger partial charge on any atom is 0.216 e. The van der Waals surface area contributed by atoms with Crippen molar-refractivity contribution in [2.75, 3.05) is 6.54 Å². The van der Waals surface area contributed by atoms with E-state index in [1.165, 1.54) is 13.0 Å². The van der Waals surface area contributed by atoms with Crippen molar-refractivity contribution in [3.63, 3.8) is 0 Å². The minimum absolute atomic E-state index is 0.0841. The number of rotatable bonds is 15. The van der Waals surface area contributed by atoms with Crippen LogP contribution in [0.3, 0.4) is 0 Å². The van der Waals surface area contributed by atoms with Crippen LogP contribution in [-0.4, -0.2) is 43.0 Å². The summed E-state index contributed by atoms with van der Waals surface area (Å²) in [5, 5.41) is 2.88. The van der Waals surface area contributed by atoms with Gasteiger partial charge in [0.1, 0.15) is 24.1 Å². The number of benzene rings is 5. The number of amides is 1. The largest absolute Gasteiger partial charge is 0.369 e. The zero-order chi connectivity index (χ0) is 35.4. The second-order valence-electron chi connectivity index (χ2n) is 13.1. The lowest BCUT2D eigenvalue weighted by molar-refractivity contribution is -0.261. The van der Waals surface area contributed by atoms with E-state index in [2.05, 4.69) is 59.9 Å². The first-order valence-electron chi connectivity index (χ1n) is 17.7. The molecule has 1 saturated heterocycles. The van der Waals surface area contributed by atoms with E-state index in [4.69, 9.17) is 18.9 Å². The Labute approximate surface area is 300 Å². The van der Waals surface area contributed by atoms with Crippen molar-refractivity contribution < 1.29 is 28.1 Å². The van der Waals surface area contributed by atoms with Gasteiger partial charge in [0, 0.05) is 19.9 Å². The SMILES string of the molecule is CC(=O)NCCc1ccc(C[C@@H]2O[C@@H](C)[C@H](OCc3ccccc3)[C@@H](OCc3ccccc3)[C@H]2OCc2ccccc2)cc1-c1cccc(F)c1. The van der Waals surface area contributed by atoms with Crippen LogP contribution in [0.4, 0.5) is 4.39 Å². The van der Waals surface area contributed by atoms with Gasteiger partial charge in [-0.05, 0) is 64.4 Å². The van der Waals surface area contributed by atoms with Crippen LogP contribution in [0.5, 0.6) is 0 Å². The van der Waals surface area contributed by atoms with E-state index in [9.17, 15) is 9.18 Å². The highest BCUT2D eigenvalue weighted by Gasteiger charge is 2.46. The van der Waals surface area contributed by atoms with E-state index < -0.39 is 18.3 Å². The van der Waals surface area contributed by atoms with Crippen molar-refractivity contribution in [1.29, 1.82) is 0 Å². The van der Waals surface area contributed by atoms with Gasteiger partial charge in [0.25, 0.3) is 0 Å². The van der Waals surface area contributed by atoms with E-state index in [1.54, 1.807) is 12.1 Å². The van der Waals surface area contributed by atoms with Crippen LogP contribution < -0.4 is 5.32 Å². The first-order chi connectivity index (χ1) is 24.9. The Bertz CT molecular complexity index is 1820. The third-order valence-corrected chi connectivity index (χ3v) is 9.24. The summed E-state index contributed by atoms with van der Waals surface area (Å²) in [4.78, 5) is 11.6. The minimum Gasteiger partial charge on any atom is -0.369 e. The van der Waals surface area contributed by atoms with Gasteiger partial charge in [-0.15, -0.1) is 0 Å². The monoisotopic (exact) mass is 687 g/mol. The summed E-state index contributed by atoms with van der Waals surface area (Å²) < 4.78 is 41.5. The summed E-state index contributed by atoms with van der Waals surface area (Å²) in [5.74, 6) is -0.386. The molecule has 51 heavy (non-hydrogen) atoms. The number of hydrogen-bond acceptors (Lipinski definition) is 5. The van der Waals surface area contributed by atoms with Gasteiger partial charge < -0.3 is 24.3 Å². The van der Waals surface area contributed by atoms with Gasteiger partial charge in [-0.1, -0.05) is 121 Å². The smallest absolute Gasteiger partial charge is 0.216 e. The molecule has 264 valence electrons. The molecule has 6 nitrogen and oxygen atoms in total. The second kappa shape index (κ2) is 18.0. The molecule has 0 spiro atoms. The molecule has 0 aromatic heterocycles. The molecular formula is C44H46FNO5. The Morgan fingerprint density at radius 1 is 0.667 bits per heavy atom. The van der Waals surface area contributed by atoms with Crippen LogP contribution in [0.25, 0.3) is 11.1 Å². The number of carbonyl (C=O) groups is 1. The number of nitrogens with one attached hydrogen (secondary N) is 1. The highest BCUT2D eigenvalue weighted by Crippen LogP contribution is 2.33. The standard InChI is InChI=1S/C44H46FNO5/c1-31-42(48-28-33-13-6-3-7-14-33)44(50-30-35-17-10-5-11-18-35)43(49-29-34-15-8-4-9-16-34)41(51-31)26-36-21-22-37(23-24-46-32(2)47)40(25-36)38-19-12-20-39(45)27-38/h3-22,25,27,31,41-44H,23-24,26,28-30H2,1-2H3,(H,46,47)/t31-,41-,42-,43-,44+/m0/s1. The molecule has 0 saturated carbocycles. The van der Waals surface area contributed by atoms with Crippen molar-refractivity contribution >= 4 is 5.91 Å². The lowest BCUT2D eigenvalue weighted by Gasteiger charge is -2.45. The van der Waals surface area contributed by atoms with Crippen molar-refractivity contribution in [3.05, 3.63) is 167 Å². The molecule has 1 aliphatic rings. The second-order valence-corrected chi connectivity index (χ2v) is 13.1. The summed E-state index contributed by atoms with van der Waals surface area (Å²) in [6.07, 6.45) is -0.822. The van der Waals surface area contributed by atoms with E-state index in [0.717, 1.165) is 38.9 Å². The highest BCUT2D eigenvalue weighted by atomic mass is 19.1. The average molecular weight is 688 g/mol. The third kappa shape index (κ3) is 10.2. The molecule has 1 aliphatic heterocycles. The quantitative estimate of drug-likeness (QED) is 0.120. The van der Waals surface area contributed by atoms with Crippen LogP contribution in [0.2, 0.25) is 0 Å². The molecule has 6 rings (SSSR count). The number of ether oxygens (including phenoxy) is 4. The van der Waals surface area contributed by atoms with E-state index in [-0.39, 0.29) is 23.9 Å². The fourth-order valence-corrected chi connectivity index (χ4v) is 6.68. The predicted molar refractivity (Wildman–Crippen MR) is 197 cm³/mol. The first-order valence-corrected chi connectivity index (χ1v) is 17.7. The van der Waals surface area contributed by atoms with E-state index in [1.807, 2.05) is 67.6 Å². The van der Waals surface area contributed by atoms with Crippen molar-refractivity contribution in [2.45, 2.75) is 77.0 Å². The number of hydrogen-bond donors (Lipinski definition) is 1. The van der Waals surface area contributed by atoms with Crippen LogP contribution >= 0.6 is 0 Å². The van der Waals surface area contributed by atoms with Crippen molar-refractivity contribution in [3.8, 4) is 11.1 Å². The van der Waals surface area contributed by atoms with Gasteiger partial charge in [-0.3, -0.25) is 4.79 Å². The maximum absolute atomic E-state index is 14.5. The molecule has 0 radical (unpaired) electrons. The van der Waals surface area contributed by atoms with E-state index in [0.29, 0.717) is 39.2 Å². The van der Waals surface area contributed by atoms with Gasteiger partial charge >= 0.3 is 0 Å². The summed E-state index contributed by atoms with van der Waals surface area (Å²) in [6.45, 7) is 5.23. The fraction of sp³-hybridized carbons (Fsp3) is 0.295. The molecule has 5 aromatic carbocycles. The van der Waals surface area contributed by atoms with Crippen LogP contribution in [0.1, 0.15) is 41.7 Å². The summed E-state index contributed by atoms with van der Waals surface area (Å²) in [5.41, 5.74) is 6.92. The predicted octanol–water partition coefficient (Wildman–Crippen LogP) is 8.26. The Morgan fingerprint density at radius 2 is 1.24 bits per heavy atom. The molecule has 1 amide bonds. The van der Waals surface area contributed by atoms with Gasteiger partial charge in [0.05, 0.1) is 32.0 Å². The van der Waals surface area contributed by atoms with Crippen LogP contribution in [0, 0.1) is 5.82 Å². The normalized spacial score (nSPS) is 20.2. The zero-order valence-electron chi connectivity index (χ0n) is 29.3. The molecular weight excluding hydrogens is 641 g/mol.